The fourth-order valence-corrected chi connectivity index (χ4v) is 2.78. The van der Waals surface area contributed by atoms with Crippen molar-refractivity contribution in [3.8, 4) is 16.9 Å². The lowest BCUT2D eigenvalue weighted by Crippen LogP contribution is -2.28. The Balaban J connectivity index is 1.84. The van der Waals surface area contributed by atoms with Crippen LogP contribution >= 0.6 is 0 Å². The van der Waals surface area contributed by atoms with Crippen LogP contribution in [0.25, 0.3) is 11.1 Å². The van der Waals surface area contributed by atoms with E-state index in [2.05, 4.69) is 20.3 Å². The minimum Gasteiger partial charge on any atom is -0.465 e. The van der Waals surface area contributed by atoms with Crippen LogP contribution < -0.4 is 10.1 Å². The van der Waals surface area contributed by atoms with E-state index in [-0.39, 0.29) is 18.1 Å². The summed E-state index contributed by atoms with van der Waals surface area (Å²) >= 11 is 0. The van der Waals surface area contributed by atoms with Gasteiger partial charge in [-0.2, -0.15) is 0 Å². The molecule has 10 heteroatoms. The van der Waals surface area contributed by atoms with Gasteiger partial charge in [-0.05, 0) is 34.9 Å². The van der Waals surface area contributed by atoms with Gasteiger partial charge < -0.3 is 19.6 Å². The lowest BCUT2D eigenvalue weighted by molar-refractivity contribution is -0.274. The van der Waals surface area contributed by atoms with Crippen LogP contribution in [0, 0.1) is 6.92 Å². The SMILES string of the molecule is Cc1nnc(CC(NC(=O)O)c2cccc(-c3ccc(OC(F)(F)F)cc3)c2)o1. The number of alkyl halides is 3. The van der Waals surface area contributed by atoms with Gasteiger partial charge in [-0.3, -0.25) is 0 Å². The molecular weight excluding hydrogens is 391 g/mol. The lowest BCUT2D eigenvalue weighted by Gasteiger charge is -2.17. The van der Waals surface area contributed by atoms with Gasteiger partial charge in [-0.15, -0.1) is 23.4 Å². The number of amides is 1. The van der Waals surface area contributed by atoms with Gasteiger partial charge in [0.15, 0.2) is 0 Å². The van der Waals surface area contributed by atoms with Gasteiger partial charge in [0.2, 0.25) is 11.8 Å². The van der Waals surface area contributed by atoms with Crippen molar-refractivity contribution in [3.63, 3.8) is 0 Å². The van der Waals surface area contributed by atoms with Gasteiger partial charge in [0.25, 0.3) is 0 Å². The Morgan fingerprint density at radius 2 is 1.90 bits per heavy atom. The number of hydrogen-bond acceptors (Lipinski definition) is 5. The zero-order chi connectivity index (χ0) is 21.0. The first-order valence-corrected chi connectivity index (χ1v) is 8.44. The quantitative estimate of drug-likeness (QED) is 0.625. The van der Waals surface area contributed by atoms with Crippen LogP contribution in [-0.4, -0.2) is 27.8 Å². The molecule has 0 radical (unpaired) electrons. The molecule has 152 valence electrons. The predicted molar refractivity (Wildman–Crippen MR) is 95.2 cm³/mol. The van der Waals surface area contributed by atoms with Crippen LogP contribution in [0.5, 0.6) is 5.75 Å². The molecule has 2 N–H and O–H groups in total. The van der Waals surface area contributed by atoms with Gasteiger partial charge >= 0.3 is 12.5 Å². The number of nitrogens with zero attached hydrogens (tertiary/aromatic N) is 2. The van der Waals surface area contributed by atoms with Crippen LogP contribution in [0.1, 0.15) is 23.4 Å². The lowest BCUT2D eigenvalue weighted by atomic mass is 9.98. The van der Waals surface area contributed by atoms with Crippen molar-refractivity contribution in [1.29, 1.82) is 0 Å². The van der Waals surface area contributed by atoms with Crippen molar-refractivity contribution >= 4 is 6.09 Å². The summed E-state index contributed by atoms with van der Waals surface area (Å²) in [5.74, 6) is 0.318. The van der Waals surface area contributed by atoms with Crippen LogP contribution in [0.15, 0.2) is 52.9 Å². The Morgan fingerprint density at radius 3 is 2.48 bits per heavy atom. The third kappa shape index (κ3) is 5.71. The number of ether oxygens (including phenoxy) is 1. The van der Waals surface area contributed by atoms with E-state index >= 15 is 0 Å². The van der Waals surface area contributed by atoms with E-state index in [0.29, 0.717) is 22.6 Å². The summed E-state index contributed by atoms with van der Waals surface area (Å²) in [4.78, 5) is 11.2. The number of aryl methyl sites for hydroxylation is 1. The van der Waals surface area contributed by atoms with E-state index in [1.54, 1.807) is 31.2 Å². The average molecular weight is 407 g/mol. The molecule has 7 nitrogen and oxygen atoms in total. The van der Waals surface area contributed by atoms with Gasteiger partial charge in [-0.1, -0.05) is 30.3 Å². The fraction of sp³-hybridized carbons (Fsp3) is 0.211. The maximum atomic E-state index is 12.3. The number of benzene rings is 2. The molecule has 0 spiro atoms. The Labute approximate surface area is 163 Å². The number of hydrogen-bond donors (Lipinski definition) is 2. The summed E-state index contributed by atoms with van der Waals surface area (Å²) in [6.45, 7) is 1.63. The number of rotatable bonds is 6. The molecule has 0 aliphatic carbocycles. The van der Waals surface area contributed by atoms with E-state index < -0.39 is 18.5 Å². The van der Waals surface area contributed by atoms with Crippen LogP contribution in [0.4, 0.5) is 18.0 Å². The standard InChI is InChI=1S/C19H16F3N3O4/c1-11-24-25-17(28-11)10-16(23-18(26)27)14-4-2-3-13(9-14)12-5-7-15(8-6-12)29-19(20,21)22/h2-9,16,23H,10H2,1H3,(H,26,27). The molecule has 3 aromatic rings. The smallest absolute Gasteiger partial charge is 0.465 e. The average Bonchev–Trinajstić information content (AvgIpc) is 3.05. The zero-order valence-corrected chi connectivity index (χ0v) is 15.1. The minimum atomic E-state index is -4.76. The molecule has 1 aromatic heterocycles. The summed E-state index contributed by atoms with van der Waals surface area (Å²) in [6.07, 6.45) is -5.83. The molecule has 0 saturated carbocycles. The van der Waals surface area contributed by atoms with Crippen molar-refractivity contribution < 1.29 is 32.2 Å². The predicted octanol–water partition coefficient (Wildman–Crippen LogP) is 4.50. The van der Waals surface area contributed by atoms with E-state index in [0.717, 1.165) is 0 Å². The molecule has 0 aliphatic rings. The van der Waals surface area contributed by atoms with Crippen molar-refractivity contribution in [1.82, 2.24) is 15.5 Å². The molecule has 1 amide bonds. The molecule has 3 rings (SSSR count). The number of aromatic nitrogens is 2. The van der Waals surface area contributed by atoms with E-state index in [1.165, 1.54) is 24.3 Å². The number of halogens is 3. The van der Waals surface area contributed by atoms with Gasteiger partial charge in [-0.25, -0.2) is 4.79 Å². The highest BCUT2D eigenvalue weighted by atomic mass is 19.4. The topological polar surface area (TPSA) is 97.5 Å². The maximum absolute atomic E-state index is 12.3. The highest BCUT2D eigenvalue weighted by molar-refractivity contribution is 5.67. The third-order valence-electron chi connectivity index (χ3n) is 3.95. The Morgan fingerprint density at radius 1 is 1.17 bits per heavy atom. The molecule has 2 aromatic carbocycles. The summed E-state index contributed by atoms with van der Waals surface area (Å²) < 4.78 is 46.1. The largest absolute Gasteiger partial charge is 0.573 e. The van der Waals surface area contributed by atoms with Crippen LogP contribution in [0.3, 0.4) is 0 Å². The Bertz CT molecular complexity index is 987. The molecule has 1 atom stereocenters. The van der Waals surface area contributed by atoms with Gasteiger partial charge in [0.05, 0.1) is 12.5 Å². The number of nitrogens with one attached hydrogen (secondary N) is 1. The summed E-state index contributed by atoms with van der Waals surface area (Å²) in [5, 5.41) is 19.2. The first-order valence-electron chi connectivity index (χ1n) is 8.44. The molecule has 0 bridgehead atoms. The third-order valence-corrected chi connectivity index (χ3v) is 3.95. The molecule has 1 heterocycles. The van der Waals surface area contributed by atoms with Crippen LogP contribution in [-0.2, 0) is 6.42 Å². The molecule has 1 unspecified atom stereocenters. The molecule has 29 heavy (non-hydrogen) atoms. The van der Waals surface area contributed by atoms with E-state index in [9.17, 15) is 18.0 Å². The highest BCUT2D eigenvalue weighted by Gasteiger charge is 2.31. The van der Waals surface area contributed by atoms with E-state index in [4.69, 9.17) is 9.52 Å². The summed E-state index contributed by atoms with van der Waals surface area (Å²) in [5.41, 5.74) is 1.97. The first-order chi connectivity index (χ1) is 13.7. The first kappa shape index (κ1) is 20.2. The number of carboxylic acid groups (broad SMARTS) is 1. The molecule has 0 fully saturated rings. The maximum Gasteiger partial charge on any atom is 0.573 e. The monoisotopic (exact) mass is 407 g/mol. The fourth-order valence-electron chi connectivity index (χ4n) is 2.78. The summed E-state index contributed by atoms with van der Waals surface area (Å²) in [6, 6.07) is 11.7. The summed E-state index contributed by atoms with van der Waals surface area (Å²) in [7, 11) is 0. The highest BCUT2D eigenvalue weighted by Crippen LogP contribution is 2.28. The molecule has 0 aliphatic heterocycles. The molecular formula is C19H16F3N3O4. The van der Waals surface area contributed by atoms with Gasteiger partial charge in [0.1, 0.15) is 5.75 Å². The van der Waals surface area contributed by atoms with Crippen molar-refractivity contribution in [2.75, 3.05) is 0 Å². The van der Waals surface area contributed by atoms with E-state index in [1.807, 2.05) is 0 Å². The van der Waals surface area contributed by atoms with Crippen molar-refractivity contribution in [2.24, 2.45) is 0 Å². The minimum absolute atomic E-state index is 0.148. The van der Waals surface area contributed by atoms with Gasteiger partial charge in [0, 0.05) is 6.92 Å². The van der Waals surface area contributed by atoms with Crippen molar-refractivity contribution in [3.05, 3.63) is 65.9 Å². The van der Waals surface area contributed by atoms with Crippen molar-refractivity contribution in [2.45, 2.75) is 25.7 Å². The molecule has 0 saturated heterocycles. The second-order valence-electron chi connectivity index (χ2n) is 6.12. The second-order valence-corrected chi connectivity index (χ2v) is 6.12. The Hall–Kier alpha value is -3.56. The second kappa shape index (κ2) is 8.21. The van der Waals surface area contributed by atoms with Crippen LogP contribution in [0.2, 0.25) is 0 Å². The normalized spacial score (nSPS) is 12.4. The Kier molecular flexibility index (Phi) is 5.71. The zero-order valence-electron chi connectivity index (χ0n) is 15.1. The number of carbonyl (C=O) groups is 1.